The Labute approximate surface area is 341 Å². The first-order chi connectivity index (χ1) is 27.9. The number of fused-ring (bicyclic) bond motifs is 2. The van der Waals surface area contributed by atoms with Gasteiger partial charge in [-0.25, -0.2) is 0 Å². The quantitative estimate of drug-likeness (QED) is 0.138. The Bertz CT molecular complexity index is 2400. The van der Waals surface area contributed by atoms with Crippen LogP contribution in [0.2, 0.25) is 10.0 Å². The molecule has 8 rings (SSSR count). The molecule has 0 aliphatic carbocycles. The lowest BCUT2D eigenvalue weighted by atomic mass is 10.1. The fourth-order valence-corrected chi connectivity index (χ4v) is 7.41. The molecule has 17 heteroatoms. The number of rotatable bonds is 10. The summed E-state index contributed by atoms with van der Waals surface area (Å²) < 4.78 is 61.6. The number of aromatic nitrogens is 2. The number of methoxy groups -OCH3 is 2. The van der Waals surface area contributed by atoms with Crippen LogP contribution >= 0.6 is 23.2 Å². The standard InChI is InChI=1S/C21H22ClN3O4.C20H17ClF3N3O2/c1-27-16-4-3-5-17(28-2)19(16)20(26)25-9-8-13(12-25)11-23-21-24-15-7-6-14(22)10-18(15)29-21;21-13-5-6-16-17(9-13)29-19(26-16)25-10-12-7-8-27(11-12)18(28)14-3-1-2-4-15(14)20(22,23)24/h3-7,10,13H,8-9,11-12H2,1-2H3,(H,23,24);1-6,9,12H,7-8,10-11H2,(H,25,26)/t13-;12-/m00/s1. The number of oxazole rings is 2. The molecule has 58 heavy (non-hydrogen) atoms. The van der Waals surface area contributed by atoms with Crippen molar-refractivity contribution in [3.63, 3.8) is 0 Å². The van der Waals surface area contributed by atoms with Crippen LogP contribution in [0, 0.1) is 11.8 Å². The molecule has 2 N–H and O–H groups in total. The minimum absolute atomic E-state index is 0.0793. The Morgan fingerprint density at radius 1 is 0.741 bits per heavy atom. The minimum Gasteiger partial charge on any atom is -0.496 e. The third-order valence-corrected chi connectivity index (χ3v) is 10.5. The topological polar surface area (TPSA) is 135 Å². The van der Waals surface area contributed by atoms with Gasteiger partial charge >= 0.3 is 6.18 Å². The van der Waals surface area contributed by atoms with Gasteiger partial charge in [0.05, 0.1) is 25.3 Å². The highest BCUT2D eigenvalue weighted by Crippen LogP contribution is 2.34. The van der Waals surface area contributed by atoms with Crippen molar-refractivity contribution < 1.29 is 41.1 Å². The van der Waals surface area contributed by atoms with Gasteiger partial charge < -0.3 is 38.7 Å². The first kappa shape index (κ1) is 40.5. The van der Waals surface area contributed by atoms with Crippen LogP contribution in [0.5, 0.6) is 11.5 Å². The van der Waals surface area contributed by atoms with E-state index in [1.165, 1.54) is 23.1 Å². The second-order valence-corrected chi connectivity index (χ2v) is 14.8. The maximum Gasteiger partial charge on any atom is 0.417 e. The molecule has 0 bridgehead atoms. The van der Waals surface area contributed by atoms with Crippen LogP contribution in [0.3, 0.4) is 0 Å². The predicted molar refractivity (Wildman–Crippen MR) is 214 cm³/mol. The Morgan fingerprint density at radius 2 is 1.24 bits per heavy atom. The molecule has 4 aromatic carbocycles. The summed E-state index contributed by atoms with van der Waals surface area (Å²) in [6.45, 7) is 3.23. The summed E-state index contributed by atoms with van der Waals surface area (Å²) in [5, 5.41) is 7.48. The van der Waals surface area contributed by atoms with Crippen LogP contribution in [0.25, 0.3) is 22.2 Å². The fourth-order valence-electron chi connectivity index (χ4n) is 7.09. The van der Waals surface area contributed by atoms with E-state index in [0.717, 1.165) is 18.0 Å². The second kappa shape index (κ2) is 17.4. The summed E-state index contributed by atoms with van der Waals surface area (Å²) in [6, 6.07) is 21.5. The van der Waals surface area contributed by atoms with E-state index in [-0.39, 0.29) is 17.4 Å². The Morgan fingerprint density at radius 3 is 1.74 bits per heavy atom. The van der Waals surface area contributed by atoms with Gasteiger partial charge in [0, 0.05) is 61.4 Å². The predicted octanol–water partition coefficient (Wildman–Crippen LogP) is 9.15. The molecule has 4 heterocycles. The second-order valence-electron chi connectivity index (χ2n) is 13.9. The van der Waals surface area contributed by atoms with E-state index in [0.29, 0.717) is 107 Å². The van der Waals surface area contributed by atoms with Gasteiger partial charge in [-0.2, -0.15) is 23.1 Å². The summed E-state index contributed by atoms with van der Waals surface area (Å²) in [6.07, 6.45) is -3.00. The van der Waals surface area contributed by atoms with Gasteiger partial charge in [-0.1, -0.05) is 41.4 Å². The zero-order valence-corrected chi connectivity index (χ0v) is 33.0. The Balaban J connectivity index is 0.000000177. The van der Waals surface area contributed by atoms with Crippen LogP contribution in [0.4, 0.5) is 25.2 Å². The molecule has 0 spiro atoms. The van der Waals surface area contributed by atoms with Crippen molar-refractivity contribution in [1.29, 1.82) is 0 Å². The summed E-state index contributed by atoms with van der Waals surface area (Å²) >= 11 is 11.9. The number of alkyl halides is 3. The van der Waals surface area contributed by atoms with E-state index in [9.17, 15) is 22.8 Å². The molecule has 0 unspecified atom stereocenters. The first-order valence-corrected chi connectivity index (χ1v) is 19.2. The summed E-state index contributed by atoms with van der Waals surface area (Å²) in [5.74, 6) is 0.714. The first-order valence-electron chi connectivity index (χ1n) is 18.5. The number of nitrogens with one attached hydrogen (secondary N) is 2. The van der Waals surface area contributed by atoms with Crippen molar-refractivity contribution in [2.24, 2.45) is 11.8 Å². The lowest BCUT2D eigenvalue weighted by Gasteiger charge is -2.20. The molecule has 0 radical (unpaired) electrons. The van der Waals surface area contributed by atoms with Gasteiger partial charge in [0.1, 0.15) is 28.1 Å². The van der Waals surface area contributed by atoms with Crippen molar-refractivity contribution in [3.8, 4) is 11.5 Å². The van der Waals surface area contributed by atoms with E-state index >= 15 is 0 Å². The van der Waals surface area contributed by atoms with Crippen LogP contribution in [-0.2, 0) is 6.18 Å². The number of likely N-dealkylation sites (tertiary alicyclic amines) is 2. The molecule has 2 amide bonds. The van der Waals surface area contributed by atoms with Gasteiger partial charge in [0.15, 0.2) is 11.2 Å². The summed E-state index contributed by atoms with van der Waals surface area (Å²) in [5.41, 5.74) is 1.87. The number of carbonyl (C=O) groups is 2. The highest BCUT2D eigenvalue weighted by atomic mass is 35.5. The summed E-state index contributed by atoms with van der Waals surface area (Å²) in [4.78, 5) is 37.7. The summed E-state index contributed by atoms with van der Waals surface area (Å²) in [7, 11) is 3.10. The molecule has 0 saturated carbocycles. The molecule has 2 fully saturated rings. The number of amides is 2. The zero-order chi connectivity index (χ0) is 41.0. The Hall–Kier alpha value is -5.67. The average Bonchev–Trinajstić information content (AvgIpc) is 4.04. The van der Waals surface area contributed by atoms with Crippen LogP contribution in [-0.4, -0.2) is 85.1 Å². The minimum atomic E-state index is -4.57. The molecule has 2 aliphatic rings. The molecule has 2 atom stereocenters. The van der Waals surface area contributed by atoms with Crippen LogP contribution in [0.15, 0.2) is 87.7 Å². The van der Waals surface area contributed by atoms with Crippen molar-refractivity contribution in [1.82, 2.24) is 19.8 Å². The van der Waals surface area contributed by atoms with Crippen molar-refractivity contribution in [2.75, 3.05) is 64.1 Å². The van der Waals surface area contributed by atoms with E-state index < -0.39 is 17.6 Å². The van der Waals surface area contributed by atoms with Gasteiger partial charge in [0.25, 0.3) is 23.8 Å². The molecule has 2 saturated heterocycles. The molecular weight excluding hydrogens is 800 g/mol. The van der Waals surface area contributed by atoms with E-state index in [4.69, 9.17) is 41.5 Å². The van der Waals surface area contributed by atoms with Gasteiger partial charge in [0.2, 0.25) is 0 Å². The van der Waals surface area contributed by atoms with Gasteiger partial charge in [-0.3, -0.25) is 9.59 Å². The third kappa shape index (κ3) is 9.21. The highest BCUT2D eigenvalue weighted by Gasteiger charge is 2.37. The van der Waals surface area contributed by atoms with Crippen molar-refractivity contribution >= 4 is 69.2 Å². The monoisotopic (exact) mass is 838 g/mol. The number of ether oxygens (including phenoxy) is 2. The molecule has 2 aliphatic heterocycles. The van der Waals surface area contributed by atoms with Crippen molar-refractivity contribution in [2.45, 2.75) is 19.0 Å². The number of halogens is 5. The number of nitrogens with zero attached hydrogens (tertiary/aromatic N) is 4. The Kier molecular flexibility index (Phi) is 12.2. The molecule has 304 valence electrons. The van der Waals surface area contributed by atoms with Crippen LogP contribution in [0.1, 0.15) is 39.1 Å². The SMILES string of the molecule is COc1cccc(OC)c1C(=O)N1CC[C@@H](CNc2nc3ccc(Cl)cc3o2)C1.O=C(c1ccccc1C(F)(F)F)N1CC[C@@H](CNc2nc3ccc(Cl)cc3o2)C1. The van der Waals surface area contributed by atoms with E-state index in [1.54, 1.807) is 62.8 Å². The smallest absolute Gasteiger partial charge is 0.417 e. The fraction of sp³-hybridized carbons (Fsp3) is 0.317. The largest absolute Gasteiger partial charge is 0.496 e. The molecule has 6 aromatic rings. The maximum absolute atomic E-state index is 13.2. The number of hydrogen-bond donors (Lipinski definition) is 2. The normalized spacial score (nSPS) is 16.7. The van der Waals surface area contributed by atoms with Gasteiger partial charge in [-0.15, -0.1) is 0 Å². The lowest BCUT2D eigenvalue weighted by molar-refractivity contribution is -0.138. The van der Waals surface area contributed by atoms with E-state index in [1.807, 2.05) is 11.0 Å². The van der Waals surface area contributed by atoms with Crippen molar-refractivity contribution in [3.05, 3.63) is 106 Å². The third-order valence-electron chi connectivity index (χ3n) is 10.0. The number of benzene rings is 4. The molecule has 12 nitrogen and oxygen atoms in total. The number of carbonyl (C=O) groups excluding carboxylic acids is 2. The zero-order valence-electron chi connectivity index (χ0n) is 31.4. The number of hydrogen-bond acceptors (Lipinski definition) is 10. The maximum atomic E-state index is 13.2. The van der Waals surface area contributed by atoms with Crippen LogP contribution < -0.4 is 20.1 Å². The lowest BCUT2D eigenvalue weighted by Crippen LogP contribution is -2.31. The average molecular weight is 840 g/mol. The molecular formula is C41H39Cl2F3N6O6. The molecule has 2 aromatic heterocycles. The van der Waals surface area contributed by atoms with E-state index in [2.05, 4.69) is 20.6 Å². The highest BCUT2D eigenvalue weighted by molar-refractivity contribution is 6.31. The van der Waals surface area contributed by atoms with Gasteiger partial charge in [-0.05, 0) is 73.2 Å². The number of anilines is 2.